The zero-order chi connectivity index (χ0) is 13.9. The van der Waals surface area contributed by atoms with Crippen LogP contribution in [0, 0.1) is 5.92 Å². The highest BCUT2D eigenvalue weighted by Gasteiger charge is 2.43. The van der Waals surface area contributed by atoms with E-state index in [4.69, 9.17) is 0 Å². The largest absolute Gasteiger partial charge is 0.480 e. The molecule has 0 radical (unpaired) electrons. The quantitative estimate of drug-likeness (QED) is 0.871. The van der Waals surface area contributed by atoms with Crippen molar-refractivity contribution >= 4 is 11.9 Å². The number of carboxylic acids is 1. The van der Waals surface area contributed by atoms with Crippen molar-refractivity contribution in [2.45, 2.75) is 38.1 Å². The molecule has 0 bridgehead atoms. The number of carbonyl (C=O) groups is 2. The molecule has 0 aromatic carbocycles. The molecule has 0 saturated heterocycles. The fourth-order valence-electron chi connectivity index (χ4n) is 2.70. The van der Waals surface area contributed by atoms with E-state index in [-0.39, 0.29) is 5.91 Å². The van der Waals surface area contributed by atoms with Crippen molar-refractivity contribution in [2.75, 3.05) is 0 Å². The number of carbonyl (C=O) groups excluding carboxylic acids is 1. The second-order valence-corrected chi connectivity index (χ2v) is 5.28. The molecule has 1 fully saturated rings. The number of carboxylic acid groups (broad SMARTS) is 1. The summed E-state index contributed by atoms with van der Waals surface area (Å²) in [5, 5.41) is 12.2. The Kier molecular flexibility index (Phi) is 3.83. The molecule has 2 atom stereocenters. The lowest BCUT2D eigenvalue weighted by Crippen LogP contribution is -2.56. The Balaban J connectivity index is 2.18. The van der Waals surface area contributed by atoms with Crippen molar-refractivity contribution < 1.29 is 14.7 Å². The summed E-state index contributed by atoms with van der Waals surface area (Å²) in [6.07, 6.45) is 5.81. The van der Waals surface area contributed by atoms with Crippen LogP contribution in [0.3, 0.4) is 0 Å². The van der Waals surface area contributed by atoms with E-state index in [0.717, 1.165) is 12.8 Å². The number of hydrogen-bond donors (Lipinski definition) is 2. The van der Waals surface area contributed by atoms with Gasteiger partial charge in [-0.3, -0.25) is 9.78 Å². The number of pyridine rings is 1. The fraction of sp³-hybridized carbons (Fsp3) is 0.500. The Morgan fingerprint density at radius 3 is 2.89 bits per heavy atom. The summed E-state index contributed by atoms with van der Waals surface area (Å²) >= 11 is 0. The van der Waals surface area contributed by atoms with Crippen LogP contribution in [0.2, 0.25) is 0 Å². The first-order chi connectivity index (χ1) is 9.03. The minimum Gasteiger partial charge on any atom is -0.480 e. The Morgan fingerprint density at radius 2 is 2.32 bits per heavy atom. The topological polar surface area (TPSA) is 79.3 Å². The van der Waals surface area contributed by atoms with Crippen LogP contribution in [-0.2, 0) is 4.79 Å². The number of amides is 1. The van der Waals surface area contributed by atoms with Gasteiger partial charge in [0.15, 0.2) is 0 Å². The van der Waals surface area contributed by atoms with Crippen LogP contribution >= 0.6 is 0 Å². The van der Waals surface area contributed by atoms with E-state index >= 15 is 0 Å². The second-order valence-electron chi connectivity index (χ2n) is 5.28. The zero-order valence-electron chi connectivity index (χ0n) is 10.9. The van der Waals surface area contributed by atoms with Crippen LogP contribution in [-0.4, -0.2) is 27.5 Å². The van der Waals surface area contributed by atoms with E-state index in [1.54, 1.807) is 18.3 Å². The van der Waals surface area contributed by atoms with Crippen molar-refractivity contribution in [2.24, 2.45) is 5.92 Å². The summed E-state index contributed by atoms with van der Waals surface area (Å²) in [7, 11) is 0. The van der Waals surface area contributed by atoms with Crippen LogP contribution in [0.15, 0.2) is 24.5 Å². The monoisotopic (exact) mass is 262 g/mol. The van der Waals surface area contributed by atoms with Gasteiger partial charge >= 0.3 is 5.97 Å². The summed E-state index contributed by atoms with van der Waals surface area (Å²) in [5.74, 6) is -1.01. The number of aromatic nitrogens is 1. The molecule has 2 unspecified atom stereocenters. The number of aliphatic carboxylic acids is 1. The normalized spacial score (nSPS) is 26.7. The molecule has 2 rings (SSSR count). The SMILES string of the molecule is CC1CCCC(NC(=O)c2cccnc2)(C(=O)O)C1. The highest BCUT2D eigenvalue weighted by atomic mass is 16.4. The number of rotatable bonds is 3. The van der Waals surface area contributed by atoms with Crippen LogP contribution in [0.25, 0.3) is 0 Å². The molecule has 1 aliphatic rings. The Hall–Kier alpha value is -1.91. The zero-order valence-corrected chi connectivity index (χ0v) is 10.9. The molecule has 5 heteroatoms. The Morgan fingerprint density at radius 1 is 1.53 bits per heavy atom. The van der Waals surface area contributed by atoms with Gasteiger partial charge in [0.25, 0.3) is 5.91 Å². The minimum absolute atomic E-state index is 0.305. The van der Waals surface area contributed by atoms with Gasteiger partial charge in [-0.05, 0) is 30.9 Å². The first-order valence-corrected chi connectivity index (χ1v) is 6.49. The van der Waals surface area contributed by atoms with Gasteiger partial charge in [-0.1, -0.05) is 19.8 Å². The van der Waals surface area contributed by atoms with E-state index in [9.17, 15) is 14.7 Å². The van der Waals surface area contributed by atoms with Crippen molar-refractivity contribution in [3.63, 3.8) is 0 Å². The molecule has 1 heterocycles. The van der Waals surface area contributed by atoms with Crippen LogP contribution in [0.1, 0.15) is 43.0 Å². The highest BCUT2D eigenvalue weighted by molar-refractivity contribution is 5.97. The molecule has 2 N–H and O–H groups in total. The summed E-state index contributed by atoms with van der Waals surface area (Å²) in [6, 6.07) is 3.29. The van der Waals surface area contributed by atoms with E-state index < -0.39 is 11.5 Å². The summed E-state index contributed by atoms with van der Waals surface area (Å²) < 4.78 is 0. The fourth-order valence-corrected chi connectivity index (χ4v) is 2.70. The molecule has 1 amide bonds. The predicted octanol–water partition coefficient (Wildman–Crippen LogP) is 1.84. The first kappa shape index (κ1) is 13.5. The average molecular weight is 262 g/mol. The van der Waals surface area contributed by atoms with Gasteiger partial charge in [0.1, 0.15) is 5.54 Å². The van der Waals surface area contributed by atoms with Crippen molar-refractivity contribution in [1.82, 2.24) is 10.3 Å². The summed E-state index contributed by atoms with van der Waals surface area (Å²) in [6.45, 7) is 2.02. The molecular formula is C14H18N2O3. The molecule has 5 nitrogen and oxygen atoms in total. The molecule has 1 saturated carbocycles. The van der Waals surface area contributed by atoms with Gasteiger partial charge in [0.2, 0.25) is 0 Å². The van der Waals surface area contributed by atoms with E-state index in [1.165, 1.54) is 6.20 Å². The second kappa shape index (κ2) is 5.38. The van der Waals surface area contributed by atoms with E-state index in [0.29, 0.717) is 24.3 Å². The average Bonchev–Trinajstić information content (AvgIpc) is 2.39. The van der Waals surface area contributed by atoms with Crippen molar-refractivity contribution in [3.8, 4) is 0 Å². The summed E-state index contributed by atoms with van der Waals surface area (Å²) in [5.41, 5.74) is -0.744. The van der Waals surface area contributed by atoms with Crippen LogP contribution < -0.4 is 5.32 Å². The highest BCUT2D eigenvalue weighted by Crippen LogP contribution is 2.32. The standard InChI is InChI=1S/C14H18N2O3/c1-10-4-2-6-14(8-10,13(18)19)16-12(17)11-5-3-7-15-9-11/h3,5,7,9-10H,2,4,6,8H2,1H3,(H,16,17)(H,18,19). The molecule has 1 aromatic heterocycles. The first-order valence-electron chi connectivity index (χ1n) is 6.49. The van der Waals surface area contributed by atoms with Crippen molar-refractivity contribution in [1.29, 1.82) is 0 Å². The molecule has 0 aliphatic heterocycles. The van der Waals surface area contributed by atoms with Crippen LogP contribution in [0.5, 0.6) is 0 Å². The Labute approximate surface area is 112 Å². The van der Waals surface area contributed by atoms with Crippen LogP contribution in [0.4, 0.5) is 0 Å². The van der Waals surface area contributed by atoms with Gasteiger partial charge in [0.05, 0.1) is 5.56 Å². The maximum Gasteiger partial charge on any atom is 0.329 e. The molecule has 1 aliphatic carbocycles. The molecule has 1 aromatic rings. The minimum atomic E-state index is -1.13. The van der Waals surface area contributed by atoms with E-state index in [2.05, 4.69) is 10.3 Å². The van der Waals surface area contributed by atoms with Crippen molar-refractivity contribution in [3.05, 3.63) is 30.1 Å². The van der Waals surface area contributed by atoms with Gasteiger partial charge < -0.3 is 10.4 Å². The summed E-state index contributed by atoms with van der Waals surface area (Å²) in [4.78, 5) is 27.5. The molecular weight excluding hydrogens is 244 g/mol. The maximum absolute atomic E-state index is 12.1. The lowest BCUT2D eigenvalue weighted by atomic mass is 9.76. The Bertz CT molecular complexity index is 475. The van der Waals surface area contributed by atoms with Gasteiger partial charge in [-0.25, -0.2) is 4.79 Å². The van der Waals surface area contributed by atoms with Gasteiger partial charge in [0, 0.05) is 12.4 Å². The molecule has 0 spiro atoms. The lowest BCUT2D eigenvalue weighted by molar-refractivity contribution is -0.146. The predicted molar refractivity (Wildman–Crippen MR) is 69.7 cm³/mol. The maximum atomic E-state index is 12.1. The third-order valence-electron chi connectivity index (χ3n) is 3.68. The smallest absolute Gasteiger partial charge is 0.329 e. The number of hydrogen-bond acceptors (Lipinski definition) is 3. The van der Waals surface area contributed by atoms with E-state index in [1.807, 2.05) is 6.92 Å². The number of nitrogens with one attached hydrogen (secondary N) is 1. The molecule has 19 heavy (non-hydrogen) atoms. The third kappa shape index (κ3) is 2.92. The molecule has 102 valence electrons. The van der Waals surface area contributed by atoms with Gasteiger partial charge in [-0.2, -0.15) is 0 Å². The lowest BCUT2D eigenvalue weighted by Gasteiger charge is -2.37. The third-order valence-corrected chi connectivity index (χ3v) is 3.68. The number of nitrogens with zero attached hydrogens (tertiary/aromatic N) is 1. The van der Waals surface area contributed by atoms with Gasteiger partial charge in [-0.15, -0.1) is 0 Å².